The van der Waals surface area contributed by atoms with Crippen molar-refractivity contribution in [1.29, 1.82) is 0 Å². The van der Waals surface area contributed by atoms with Crippen LogP contribution in [0.1, 0.15) is 161 Å². The molecule has 14 atom stereocenters. The van der Waals surface area contributed by atoms with Gasteiger partial charge in [0.05, 0.1) is 6.61 Å². The molecule has 10 rings (SSSR count). The maximum Gasteiger partial charge on any atom is 0.160 e. The van der Waals surface area contributed by atoms with Crippen LogP contribution in [0.15, 0.2) is 71.3 Å². The zero-order valence-corrected chi connectivity index (χ0v) is 44.1. The van der Waals surface area contributed by atoms with Crippen molar-refractivity contribution in [1.82, 2.24) is 0 Å². The van der Waals surface area contributed by atoms with Gasteiger partial charge in [-0.2, -0.15) is 0 Å². The fraction of sp³-hybridized carbons (Fsp3) is 0.651. The van der Waals surface area contributed by atoms with Crippen molar-refractivity contribution in [2.45, 2.75) is 161 Å². The lowest BCUT2D eigenvalue weighted by molar-refractivity contribution is -0.123. The summed E-state index contributed by atoms with van der Waals surface area (Å²) < 4.78 is 5.78. The average Bonchev–Trinajstić information content (AvgIpc) is 3.77. The zero-order valence-electron chi connectivity index (χ0n) is 44.1. The number of hydrogen-bond donors (Lipinski definition) is 2. The van der Waals surface area contributed by atoms with Gasteiger partial charge >= 0.3 is 0 Å². The third-order valence-electron chi connectivity index (χ3n) is 21.7. The molecular weight excluding hydrogens is 865 g/mol. The molecule has 2 aromatic carbocycles. The molecule has 6 fully saturated rings. The number of nitrogens with zero attached hydrogens (tertiary/aromatic N) is 2. The number of ether oxygens (including phenoxy) is 1. The van der Waals surface area contributed by atoms with Crippen molar-refractivity contribution in [2.75, 3.05) is 50.7 Å². The number of aliphatic hydroxyl groups is 2. The van der Waals surface area contributed by atoms with E-state index in [1.807, 2.05) is 13.0 Å². The highest BCUT2D eigenvalue weighted by Crippen LogP contribution is 2.73. The number of Topliss-reactive ketones (excluding diaryl/α,β-unsaturated/α-hetero) is 1. The molecule has 2 aromatic rings. The summed E-state index contributed by atoms with van der Waals surface area (Å²) >= 11 is 0. The molecule has 0 spiro atoms. The van der Waals surface area contributed by atoms with E-state index in [1.165, 1.54) is 28.0 Å². The molecule has 374 valence electrons. The Balaban J connectivity index is 1.01. The summed E-state index contributed by atoms with van der Waals surface area (Å²) in [5, 5.41) is 24.9. The van der Waals surface area contributed by atoms with Gasteiger partial charge in [0, 0.05) is 81.3 Å². The fourth-order valence-corrected chi connectivity index (χ4v) is 18.1. The lowest BCUT2D eigenvalue weighted by atomic mass is 9.42. The summed E-state index contributed by atoms with van der Waals surface area (Å²) in [4.78, 5) is 32.1. The van der Waals surface area contributed by atoms with E-state index in [4.69, 9.17) is 4.74 Å². The Bertz CT molecular complexity index is 2570. The summed E-state index contributed by atoms with van der Waals surface area (Å²) in [5.74, 6) is 16.6. The van der Waals surface area contributed by atoms with Crippen LogP contribution in [-0.2, 0) is 14.3 Å². The van der Waals surface area contributed by atoms with Gasteiger partial charge in [0.15, 0.2) is 11.6 Å². The van der Waals surface area contributed by atoms with Crippen molar-refractivity contribution in [3.63, 3.8) is 0 Å². The number of benzene rings is 2. The van der Waals surface area contributed by atoms with Crippen LogP contribution in [0.2, 0.25) is 0 Å². The van der Waals surface area contributed by atoms with E-state index < -0.39 is 11.2 Å². The van der Waals surface area contributed by atoms with Crippen molar-refractivity contribution in [3.05, 3.63) is 82.5 Å². The molecule has 0 heterocycles. The molecule has 8 aliphatic carbocycles. The van der Waals surface area contributed by atoms with Gasteiger partial charge in [0.25, 0.3) is 0 Å². The van der Waals surface area contributed by atoms with E-state index in [-0.39, 0.29) is 39.3 Å². The van der Waals surface area contributed by atoms with Crippen LogP contribution in [0.3, 0.4) is 0 Å². The highest BCUT2D eigenvalue weighted by molar-refractivity contribution is 5.98. The van der Waals surface area contributed by atoms with E-state index in [9.17, 15) is 19.8 Å². The third-order valence-corrected chi connectivity index (χ3v) is 21.7. The number of carbonyl (C=O) groups is 2. The number of allylic oxidation sites excluding steroid dienone is 2. The maximum absolute atomic E-state index is 14.6. The highest BCUT2D eigenvalue weighted by atomic mass is 16.5. The zero-order chi connectivity index (χ0) is 49.6. The number of ketones is 2. The van der Waals surface area contributed by atoms with Gasteiger partial charge in [-0.25, -0.2) is 0 Å². The van der Waals surface area contributed by atoms with Gasteiger partial charge < -0.3 is 24.7 Å². The summed E-state index contributed by atoms with van der Waals surface area (Å²) in [6, 6.07) is 18.5. The van der Waals surface area contributed by atoms with Gasteiger partial charge in [0.1, 0.15) is 11.2 Å². The minimum Gasteiger partial charge on any atom is -0.383 e. The average molecular weight is 947 g/mol. The minimum atomic E-state index is -1.01. The first-order valence-corrected chi connectivity index (χ1v) is 27.4. The Kier molecular flexibility index (Phi) is 12.8. The molecule has 7 heteroatoms. The van der Waals surface area contributed by atoms with E-state index in [0.717, 1.165) is 94.7 Å². The van der Waals surface area contributed by atoms with Crippen LogP contribution in [0.25, 0.3) is 0 Å². The number of anilines is 2. The summed E-state index contributed by atoms with van der Waals surface area (Å²) in [7, 11) is 5.95. The predicted molar refractivity (Wildman–Crippen MR) is 281 cm³/mol. The largest absolute Gasteiger partial charge is 0.383 e. The Morgan fingerprint density at radius 1 is 0.700 bits per heavy atom. The van der Waals surface area contributed by atoms with Crippen LogP contribution in [0, 0.1) is 80.8 Å². The van der Waals surface area contributed by atoms with Crippen molar-refractivity contribution >= 4 is 22.9 Å². The Hall–Kier alpha value is -4.14. The molecule has 6 saturated carbocycles. The summed E-state index contributed by atoms with van der Waals surface area (Å²) in [6.07, 6.45) is 14.8. The molecular formula is C63H82N2O5. The number of fused-ring (bicyclic) bond motifs is 10. The van der Waals surface area contributed by atoms with Gasteiger partial charge in [0.2, 0.25) is 0 Å². The van der Waals surface area contributed by atoms with Gasteiger partial charge in [-0.05, 0) is 184 Å². The van der Waals surface area contributed by atoms with Gasteiger partial charge in [-0.15, -0.1) is 11.8 Å². The fourth-order valence-electron chi connectivity index (χ4n) is 18.1. The third kappa shape index (κ3) is 7.55. The van der Waals surface area contributed by atoms with Crippen molar-refractivity contribution < 1.29 is 24.5 Å². The molecule has 0 amide bonds. The molecule has 0 aromatic heterocycles. The Morgan fingerprint density at radius 2 is 1.26 bits per heavy atom. The van der Waals surface area contributed by atoms with Crippen LogP contribution in [0.5, 0.6) is 0 Å². The Morgan fingerprint density at radius 3 is 1.83 bits per heavy atom. The highest BCUT2D eigenvalue weighted by Gasteiger charge is 2.68. The van der Waals surface area contributed by atoms with E-state index in [2.05, 4.69) is 131 Å². The van der Waals surface area contributed by atoms with Crippen LogP contribution >= 0.6 is 0 Å². The van der Waals surface area contributed by atoms with Crippen molar-refractivity contribution in [2.24, 2.45) is 57.2 Å². The summed E-state index contributed by atoms with van der Waals surface area (Å²) in [6.45, 7) is 15.4. The quantitative estimate of drug-likeness (QED) is 0.242. The van der Waals surface area contributed by atoms with Gasteiger partial charge in [-0.3, -0.25) is 9.59 Å². The number of rotatable bonds is 9. The summed E-state index contributed by atoms with van der Waals surface area (Å²) in [5.41, 5.74) is 5.76. The second-order valence-electron chi connectivity index (χ2n) is 24.8. The van der Waals surface area contributed by atoms with E-state index in [1.54, 1.807) is 7.11 Å². The first kappa shape index (κ1) is 49.4. The van der Waals surface area contributed by atoms with Gasteiger partial charge in [-0.1, -0.05) is 81.9 Å². The van der Waals surface area contributed by atoms with E-state index in [0.29, 0.717) is 73.8 Å². The molecule has 2 N–H and O–H groups in total. The molecule has 0 saturated heterocycles. The maximum atomic E-state index is 14.6. The Labute approximate surface area is 420 Å². The smallest absolute Gasteiger partial charge is 0.160 e. The molecule has 8 aliphatic rings. The predicted octanol–water partition coefficient (Wildman–Crippen LogP) is 11.6. The van der Waals surface area contributed by atoms with E-state index >= 15 is 0 Å². The minimum absolute atomic E-state index is 0.0578. The van der Waals surface area contributed by atoms with Crippen LogP contribution in [-0.4, -0.2) is 73.9 Å². The SMILES string of the molecule is CC#C[C@]1(O)CC[C@H]2[C@@H]3CCC4=CC(=O)CC[C@]4(C)C3[C@@H](c3ccc(N(CCOC)CC4=C5CC[C@@H]6C([C@@H](c7ccc(N(C)C)cc7)C[C@@]7(C)[C@H]6CC[C@@]7(O)C#CCC)[C@@]5(C)CCC4=O)cc3)C[C@@]21C. The molecule has 0 aliphatic heterocycles. The second kappa shape index (κ2) is 18.1. The molecule has 7 nitrogen and oxygen atoms in total. The van der Waals surface area contributed by atoms with Crippen LogP contribution in [0.4, 0.5) is 11.4 Å². The number of carbonyl (C=O) groups excluding carboxylic acids is 2. The molecule has 0 radical (unpaired) electrons. The molecule has 70 heavy (non-hydrogen) atoms. The second-order valence-corrected chi connectivity index (χ2v) is 24.8. The monoisotopic (exact) mass is 947 g/mol. The number of methoxy groups -OCH3 is 1. The van der Waals surface area contributed by atoms with Crippen molar-refractivity contribution in [3.8, 4) is 23.7 Å². The molecule has 0 bridgehead atoms. The lowest BCUT2D eigenvalue weighted by Gasteiger charge is -2.62. The number of hydrogen-bond acceptors (Lipinski definition) is 7. The first-order valence-electron chi connectivity index (χ1n) is 27.4. The normalized spacial score (nSPS) is 40.5. The standard InChI is InChI=1S/C63H82N2O5/c1-10-12-30-63(69)34-27-54-48-23-24-52-51(55(67)28-32-59(52,4)57(48)50(39-61(54,63)6)41-13-18-44(19-14-41)64(7)8)40-65(35-36-70-9)45-20-15-42(16-21-45)49-38-60(5)53(26-33-62(60,68)29-11-2)47-22-17-43-37-46(66)25-31-58(43,3)56(47)49/h13-16,18-21,37,47-50,53-54,56-57,68-69H,10,17,22-28,31-36,38-40H2,1-9H3/t47-,48-,49+,50+,53-,54-,56?,57?,58-,59-,60-,61-,62-,63-/m0/s1. The topological polar surface area (TPSA) is 90.3 Å². The lowest BCUT2D eigenvalue weighted by Crippen LogP contribution is -2.57. The molecule has 2 unspecified atom stereocenters. The van der Waals surface area contributed by atoms with Crippen LogP contribution < -0.4 is 9.80 Å². The first-order chi connectivity index (χ1) is 33.4.